The third-order valence-electron chi connectivity index (χ3n) is 0.250. The Bertz CT molecular complexity index is 11.2. The topological polar surface area (TPSA) is 12.0 Å². The first-order valence-corrected chi connectivity index (χ1v) is 3.35. The van der Waals surface area contributed by atoms with Gasteiger partial charge in [0, 0.05) is 0 Å². The molecule has 10 heavy (non-hydrogen) atoms. The van der Waals surface area contributed by atoms with Gasteiger partial charge in [-0.05, 0) is 7.05 Å². The van der Waals surface area contributed by atoms with Gasteiger partial charge in [0.25, 0.3) is 0 Å². The predicted octanol–water partition coefficient (Wildman–Crippen LogP) is 2.54. The standard InChI is InChI=1S/C3H8N.2C2H6.CH3.W/c1-3-4-2;2*1-2;;/h4H,1,3H2,2H3;2*1-2H3;1H3;/q-1;;;-1;+2. The molecule has 0 saturated heterocycles. The van der Waals surface area contributed by atoms with Crippen LogP contribution in [0, 0.1) is 14.4 Å². The molecule has 0 aromatic carbocycles. The molecule has 0 amide bonds. The van der Waals surface area contributed by atoms with Crippen molar-refractivity contribution in [3.05, 3.63) is 14.4 Å². The molecule has 0 aromatic rings. The van der Waals surface area contributed by atoms with Crippen LogP contribution in [0.15, 0.2) is 0 Å². The fourth-order valence-corrected chi connectivity index (χ4v) is 0. The van der Waals surface area contributed by atoms with E-state index in [1.54, 1.807) is 0 Å². The fraction of sp³-hybridized carbons (Fsp3) is 0.750. The van der Waals surface area contributed by atoms with Gasteiger partial charge in [-0.3, -0.25) is 0 Å². The molecule has 1 N–H and O–H groups in total. The van der Waals surface area contributed by atoms with Gasteiger partial charge < -0.3 is 19.7 Å². The van der Waals surface area contributed by atoms with E-state index in [1.807, 2.05) is 34.7 Å². The zero-order valence-corrected chi connectivity index (χ0v) is 11.3. The van der Waals surface area contributed by atoms with Gasteiger partial charge in [-0.2, -0.15) is 0 Å². The van der Waals surface area contributed by atoms with Gasteiger partial charge in [-0.15, -0.1) is 6.54 Å². The largest absolute Gasteiger partial charge is 2.00 e. The molecule has 0 heterocycles. The summed E-state index contributed by atoms with van der Waals surface area (Å²) in [4.78, 5) is 0. The summed E-state index contributed by atoms with van der Waals surface area (Å²) in [6.45, 7) is 12.3. The Hall–Kier alpha value is 0.648. The van der Waals surface area contributed by atoms with Crippen LogP contribution in [0.25, 0.3) is 0 Å². The molecule has 0 aliphatic rings. The van der Waals surface area contributed by atoms with E-state index in [4.69, 9.17) is 0 Å². The fourth-order valence-electron chi connectivity index (χ4n) is 0. The molecule has 0 atom stereocenters. The van der Waals surface area contributed by atoms with E-state index in [2.05, 4.69) is 12.2 Å². The van der Waals surface area contributed by atoms with Crippen molar-refractivity contribution in [1.29, 1.82) is 0 Å². The molecular weight excluding hydrogens is 294 g/mol. The Morgan fingerprint density at radius 1 is 1.10 bits per heavy atom. The summed E-state index contributed by atoms with van der Waals surface area (Å²) in [7, 11) is 1.87. The van der Waals surface area contributed by atoms with Gasteiger partial charge >= 0.3 is 21.1 Å². The van der Waals surface area contributed by atoms with Crippen molar-refractivity contribution in [3.63, 3.8) is 0 Å². The zero-order chi connectivity index (χ0) is 7.41. The average molecular weight is 317 g/mol. The Balaban J connectivity index is -0.0000000125. The second kappa shape index (κ2) is 103. The molecule has 0 spiro atoms. The van der Waals surface area contributed by atoms with E-state index in [9.17, 15) is 0 Å². The van der Waals surface area contributed by atoms with Gasteiger partial charge in [-0.1, -0.05) is 27.7 Å². The number of rotatable bonds is 1. The minimum Gasteiger partial charge on any atom is -0.358 e. The van der Waals surface area contributed by atoms with Crippen LogP contribution in [0.5, 0.6) is 0 Å². The molecular formula is C8H23NW. The van der Waals surface area contributed by atoms with Crippen molar-refractivity contribution in [1.82, 2.24) is 5.32 Å². The Kier molecular flexibility index (Phi) is 320. The van der Waals surface area contributed by atoms with Crippen LogP contribution >= 0.6 is 0 Å². The van der Waals surface area contributed by atoms with Crippen LogP contribution < -0.4 is 5.32 Å². The van der Waals surface area contributed by atoms with Crippen LogP contribution in [-0.2, 0) is 21.1 Å². The second-order valence-electron chi connectivity index (χ2n) is 0.604. The molecule has 66 valence electrons. The van der Waals surface area contributed by atoms with Crippen LogP contribution in [0.2, 0.25) is 0 Å². The summed E-state index contributed by atoms with van der Waals surface area (Å²) >= 11 is 0. The normalized spacial score (nSPS) is 4.20. The third-order valence-corrected chi connectivity index (χ3v) is 0.250. The molecule has 0 unspecified atom stereocenters. The molecule has 0 bridgehead atoms. The quantitative estimate of drug-likeness (QED) is 0.733. The first-order chi connectivity index (χ1) is 3.91. The van der Waals surface area contributed by atoms with Crippen molar-refractivity contribution >= 4 is 0 Å². The Morgan fingerprint density at radius 3 is 1.20 bits per heavy atom. The van der Waals surface area contributed by atoms with Crippen LogP contribution in [0.4, 0.5) is 0 Å². The molecule has 0 aromatic heterocycles. The second-order valence-corrected chi connectivity index (χ2v) is 0.604. The molecule has 0 rings (SSSR count). The van der Waals surface area contributed by atoms with E-state index in [0.717, 1.165) is 6.54 Å². The number of nitrogens with one attached hydrogen (secondary N) is 1. The van der Waals surface area contributed by atoms with Crippen LogP contribution in [-0.4, -0.2) is 13.6 Å². The van der Waals surface area contributed by atoms with Crippen molar-refractivity contribution in [2.24, 2.45) is 0 Å². The van der Waals surface area contributed by atoms with E-state index >= 15 is 0 Å². The predicted molar refractivity (Wildman–Crippen MR) is 48.4 cm³/mol. The molecule has 1 nitrogen and oxygen atoms in total. The Labute approximate surface area is 82.2 Å². The summed E-state index contributed by atoms with van der Waals surface area (Å²) in [5.41, 5.74) is 0. The summed E-state index contributed by atoms with van der Waals surface area (Å²) in [6, 6.07) is 0. The first-order valence-electron chi connectivity index (χ1n) is 3.35. The van der Waals surface area contributed by atoms with Crippen molar-refractivity contribution in [3.8, 4) is 0 Å². The SMILES string of the molecule is CC.CC.[CH2-]CNC.[CH3-].[W+2]. The van der Waals surface area contributed by atoms with Crippen LogP contribution in [0.1, 0.15) is 27.7 Å². The molecule has 0 aliphatic carbocycles. The average Bonchev–Trinajstić information content (AvgIpc) is 1.96. The summed E-state index contributed by atoms with van der Waals surface area (Å²) in [5, 5.41) is 2.82. The third kappa shape index (κ3) is 186. The maximum Gasteiger partial charge on any atom is 2.00 e. The summed E-state index contributed by atoms with van der Waals surface area (Å²) < 4.78 is 0. The molecule has 0 saturated carbocycles. The number of hydrogen-bond acceptors (Lipinski definition) is 1. The Morgan fingerprint density at radius 2 is 1.20 bits per heavy atom. The summed E-state index contributed by atoms with van der Waals surface area (Å²) in [5.74, 6) is 0. The van der Waals surface area contributed by atoms with E-state index in [0.29, 0.717) is 0 Å². The minimum absolute atomic E-state index is 0. The first kappa shape index (κ1) is 31.1. The monoisotopic (exact) mass is 317 g/mol. The van der Waals surface area contributed by atoms with E-state index in [-0.39, 0.29) is 28.5 Å². The molecule has 0 radical (unpaired) electrons. The van der Waals surface area contributed by atoms with Gasteiger partial charge in [0.05, 0.1) is 0 Å². The van der Waals surface area contributed by atoms with Crippen molar-refractivity contribution in [2.75, 3.05) is 13.6 Å². The van der Waals surface area contributed by atoms with E-state index < -0.39 is 0 Å². The number of hydrogen-bond donors (Lipinski definition) is 1. The van der Waals surface area contributed by atoms with Crippen molar-refractivity contribution in [2.45, 2.75) is 27.7 Å². The zero-order valence-electron chi connectivity index (χ0n) is 8.32. The maximum atomic E-state index is 3.49. The van der Waals surface area contributed by atoms with Gasteiger partial charge in [0.2, 0.25) is 0 Å². The maximum absolute atomic E-state index is 3.49. The van der Waals surface area contributed by atoms with E-state index in [1.165, 1.54) is 0 Å². The smallest absolute Gasteiger partial charge is 0.358 e. The molecule has 0 fully saturated rings. The van der Waals surface area contributed by atoms with Gasteiger partial charge in [0.1, 0.15) is 0 Å². The van der Waals surface area contributed by atoms with Crippen LogP contribution in [0.3, 0.4) is 0 Å². The minimum atomic E-state index is 0. The van der Waals surface area contributed by atoms with Crippen molar-refractivity contribution < 1.29 is 21.1 Å². The van der Waals surface area contributed by atoms with Gasteiger partial charge in [-0.25, -0.2) is 0 Å². The molecule has 0 aliphatic heterocycles. The molecule has 2 heteroatoms. The summed E-state index contributed by atoms with van der Waals surface area (Å²) in [6.07, 6.45) is 0. The van der Waals surface area contributed by atoms with Gasteiger partial charge in [0.15, 0.2) is 0 Å².